The second-order valence-corrected chi connectivity index (χ2v) is 11.5. The summed E-state index contributed by atoms with van der Waals surface area (Å²) in [7, 11) is 3.27. The molecule has 0 unspecified atom stereocenters. The van der Waals surface area contributed by atoms with Gasteiger partial charge in [-0.05, 0) is 54.2 Å². The van der Waals surface area contributed by atoms with E-state index in [1.54, 1.807) is 14.2 Å². The Morgan fingerprint density at radius 1 is 1.00 bits per heavy atom. The number of ether oxygens (including phenoxy) is 4. The van der Waals surface area contributed by atoms with Gasteiger partial charge in [-0.1, -0.05) is 67.1 Å². The largest absolute Gasteiger partial charge is 0.493 e. The predicted molar refractivity (Wildman–Crippen MR) is 141 cm³/mol. The molecule has 5 rings (SSSR count). The molecule has 0 saturated heterocycles. The summed E-state index contributed by atoms with van der Waals surface area (Å²) in [6, 6.07) is 7.68. The highest BCUT2D eigenvalue weighted by atomic mass is 35.6. The molecule has 1 atom stereocenters. The minimum Gasteiger partial charge on any atom is -0.493 e. The van der Waals surface area contributed by atoms with Crippen molar-refractivity contribution in [2.75, 3.05) is 27.6 Å². The van der Waals surface area contributed by atoms with Gasteiger partial charge < -0.3 is 23.8 Å². The lowest BCUT2D eigenvalue weighted by Gasteiger charge is -2.47. The van der Waals surface area contributed by atoms with Gasteiger partial charge in [-0.2, -0.15) is 0 Å². The summed E-state index contributed by atoms with van der Waals surface area (Å²) in [6.45, 7) is 3.17. The van der Waals surface area contributed by atoms with Gasteiger partial charge in [0.1, 0.15) is 6.04 Å². The first-order chi connectivity index (χ1) is 16.9. The molecule has 5 nitrogen and oxygen atoms in total. The zero-order chi connectivity index (χ0) is 24.7. The van der Waals surface area contributed by atoms with Gasteiger partial charge in [0.15, 0.2) is 23.0 Å². The highest BCUT2D eigenvalue weighted by Crippen LogP contribution is 2.59. The number of benzene rings is 2. The van der Waals surface area contributed by atoms with E-state index in [0.717, 1.165) is 59.6 Å². The molecule has 0 N–H and O–H groups in total. The number of hydrogen-bond donors (Lipinski definition) is 0. The van der Waals surface area contributed by atoms with Crippen molar-refractivity contribution in [2.24, 2.45) is 0 Å². The summed E-state index contributed by atoms with van der Waals surface area (Å²) < 4.78 is 21.3. The second kappa shape index (κ2) is 9.84. The molecule has 2 aromatic rings. The topological polar surface area (TPSA) is 40.2 Å². The number of halogens is 3. The molecule has 0 aromatic heterocycles. The van der Waals surface area contributed by atoms with Crippen LogP contribution in [-0.4, -0.2) is 36.2 Å². The smallest absolute Gasteiger partial charge is 0.231 e. The summed E-state index contributed by atoms with van der Waals surface area (Å²) in [5.41, 5.74) is 6.60. The highest BCUT2D eigenvalue weighted by molar-refractivity contribution is 6.68. The van der Waals surface area contributed by atoms with Crippen LogP contribution < -0.4 is 18.9 Å². The van der Waals surface area contributed by atoms with E-state index in [1.807, 2.05) is 6.07 Å². The van der Waals surface area contributed by atoms with Gasteiger partial charge in [0, 0.05) is 23.4 Å². The van der Waals surface area contributed by atoms with Crippen LogP contribution in [0.15, 0.2) is 24.3 Å². The minimum absolute atomic E-state index is 0.238. The lowest BCUT2D eigenvalue weighted by Crippen LogP contribution is -2.42. The molecule has 188 valence electrons. The minimum atomic E-state index is -1.60. The van der Waals surface area contributed by atoms with Crippen LogP contribution >= 0.6 is 34.8 Å². The Morgan fingerprint density at radius 2 is 1.77 bits per heavy atom. The van der Waals surface area contributed by atoms with Crippen LogP contribution in [0.5, 0.6) is 23.0 Å². The van der Waals surface area contributed by atoms with E-state index in [-0.39, 0.29) is 6.79 Å². The van der Waals surface area contributed by atoms with E-state index >= 15 is 0 Å². The number of nitrogens with zero attached hydrogens (tertiary/aromatic N) is 1. The van der Waals surface area contributed by atoms with E-state index in [2.05, 4.69) is 30.0 Å². The van der Waals surface area contributed by atoms with Crippen molar-refractivity contribution in [3.63, 3.8) is 0 Å². The number of alkyl halides is 3. The molecule has 8 heteroatoms. The Kier molecular flexibility index (Phi) is 6.95. The molecule has 3 aliphatic heterocycles. The van der Waals surface area contributed by atoms with Gasteiger partial charge in [0.25, 0.3) is 0 Å². The zero-order valence-electron chi connectivity index (χ0n) is 20.3. The van der Waals surface area contributed by atoms with Crippen LogP contribution in [-0.2, 0) is 6.42 Å². The quantitative estimate of drug-likeness (QED) is 0.269. The van der Waals surface area contributed by atoms with E-state index in [4.69, 9.17) is 53.8 Å². The molecule has 0 aliphatic carbocycles. The van der Waals surface area contributed by atoms with Crippen molar-refractivity contribution in [3.05, 3.63) is 46.5 Å². The Morgan fingerprint density at radius 3 is 2.46 bits per heavy atom. The molecule has 35 heavy (non-hydrogen) atoms. The molecule has 0 amide bonds. The second-order valence-electron chi connectivity index (χ2n) is 9.15. The van der Waals surface area contributed by atoms with E-state index in [0.29, 0.717) is 18.0 Å². The molecular formula is C27H30Cl3NO4. The molecule has 2 aromatic carbocycles. The van der Waals surface area contributed by atoms with Gasteiger partial charge >= 0.3 is 0 Å². The van der Waals surface area contributed by atoms with Crippen molar-refractivity contribution in [3.8, 4) is 23.0 Å². The molecule has 3 aliphatic rings. The SMILES string of the molecule is CCCCCCC1=C2c3cc4c(cc3CCN2[C@@H](C(Cl)(Cl)Cl)c2c1ccc(OC)c2OC)OCO4. The van der Waals surface area contributed by atoms with Gasteiger partial charge in [-0.25, -0.2) is 0 Å². The van der Waals surface area contributed by atoms with Crippen molar-refractivity contribution in [1.29, 1.82) is 0 Å². The van der Waals surface area contributed by atoms with Crippen LogP contribution in [0.25, 0.3) is 11.3 Å². The molecule has 0 fully saturated rings. The third-order valence-electron chi connectivity index (χ3n) is 7.13. The van der Waals surface area contributed by atoms with E-state index in [1.165, 1.54) is 24.0 Å². The monoisotopic (exact) mass is 537 g/mol. The number of rotatable bonds is 7. The highest BCUT2D eigenvalue weighted by Gasteiger charge is 2.48. The van der Waals surface area contributed by atoms with Crippen molar-refractivity contribution in [2.45, 2.75) is 55.3 Å². The van der Waals surface area contributed by atoms with Crippen molar-refractivity contribution >= 4 is 46.1 Å². The lowest BCUT2D eigenvalue weighted by molar-refractivity contribution is 0.174. The first kappa shape index (κ1) is 24.7. The maximum absolute atomic E-state index is 6.72. The predicted octanol–water partition coefficient (Wildman–Crippen LogP) is 7.55. The van der Waals surface area contributed by atoms with Gasteiger partial charge in [0.05, 0.1) is 14.2 Å². The first-order valence-corrected chi connectivity index (χ1v) is 13.3. The number of hydrogen-bond acceptors (Lipinski definition) is 5. The third kappa shape index (κ3) is 4.30. The molecule has 0 bridgehead atoms. The summed E-state index contributed by atoms with van der Waals surface area (Å²) in [5.74, 6) is 2.79. The Bertz CT molecular complexity index is 1160. The number of unbranched alkanes of at least 4 members (excludes halogenated alkanes) is 3. The summed E-state index contributed by atoms with van der Waals surface area (Å²) in [5, 5.41) is 0. The van der Waals surface area contributed by atoms with Crippen LogP contribution in [0, 0.1) is 0 Å². The van der Waals surface area contributed by atoms with Crippen molar-refractivity contribution in [1.82, 2.24) is 4.90 Å². The van der Waals surface area contributed by atoms with E-state index in [9.17, 15) is 0 Å². The van der Waals surface area contributed by atoms with Gasteiger partial charge in [-0.3, -0.25) is 0 Å². The first-order valence-electron chi connectivity index (χ1n) is 12.1. The lowest BCUT2D eigenvalue weighted by atomic mass is 9.80. The van der Waals surface area contributed by atoms with Crippen LogP contribution in [0.4, 0.5) is 0 Å². The summed E-state index contributed by atoms with van der Waals surface area (Å²) in [4.78, 5) is 2.25. The maximum Gasteiger partial charge on any atom is 0.231 e. The molecule has 0 radical (unpaired) electrons. The molecule has 0 saturated carbocycles. The average molecular weight is 539 g/mol. The Labute approximate surface area is 221 Å². The number of allylic oxidation sites excluding steroid dienone is 1. The van der Waals surface area contributed by atoms with Crippen molar-refractivity contribution < 1.29 is 18.9 Å². The number of methoxy groups -OCH3 is 2. The summed E-state index contributed by atoms with van der Waals surface area (Å²) >= 11 is 20.2. The normalized spacial score (nSPS) is 18.2. The Hall–Kier alpha value is -1.95. The van der Waals surface area contributed by atoms with Gasteiger partial charge in [0.2, 0.25) is 10.6 Å². The van der Waals surface area contributed by atoms with Crippen LogP contribution in [0.3, 0.4) is 0 Å². The molecule has 0 spiro atoms. The van der Waals surface area contributed by atoms with E-state index < -0.39 is 9.83 Å². The van der Waals surface area contributed by atoms with Gasteiger partial charge in [-0.15, -0.1) is 0 Å². The third-order valence-corrected chi connectivity index (χ3v) is 7.75. The average Bonchev–Trinajstić information content (AvgIpc) is 3.30. The van der Waals surface area contributed by atoms with Crippen LogP contribution in [0.1, 0.15) is 67.3 Å². The fraction of sp³-hybridized carbons (Fsp3) is 0.481. The number of fused-ring (bicyclic) bond motifs is 5. The maximum atomic E-state index is 6.72. The molecular weight excluding hydrogens is 509 g/mol. The fourth-order valence-electron chi connectivity index (χ4n) is 5.60. The Balaban J connectivity index is 1.77. The standard InChI is InChI=1S/C27H30Cl3NO4/c1-4-5-6-7-8-18-17-9-10-20(32-2)25(33-3)23(17)26(27(28,29)30)31-12-11-16-13-21-22(35-15-34-21)14-19(16)24(18)31/h9-10,13-14,26H,4-8,11-12,15H2,1-3H3/t26-/m1/s1. The fourth-order valence-corrected chi connectivity index (χ4v) is 6.28. The molecule has 3 heterocycles. The zero-order valence-corrected chi connectivity index (χ0v) is 22.5. The van der Waals surface area contributed by atoms with Crippen LogP contribution in [0.2, 0.25) is 0 Å². The summed E-state index contributed by atoms with van der Waals surface area (Å²) in [6.07, 6.45) is 6.34.